The lowest BCUT2D eigenvalue weighted by Crippen LogP contribution is -2.35. The number of benzene rings is 1. The number of aromatic nitrogens is 1. The summed E-state index contributed by atoms with van der Waals surface area (Å²) in [5, 5.41) is 3.09. The Morgan fingerprint density at radius 1 is 1.12 bits per heavy atom. The zero-order chi connectivity index (χ0) is 17.9. The predicted octanol–water partition coefficient (Wildman–Crippen LogP) is 3.72. The maximum absolute atomic E-state index is 12.4. The van der Waals surface area contributed by atoms with Gasteiger partial charge in [-0.25, -0.2) is 4.98 Å². The molecule has 0 aliphatic heterocycles. The average molecular weight is 366 g/mol. The summed E-state index contributed by atoms with van der Waals surface area (Å²) < 4.78 is 0. The lowest BCUT2D eigenvalue weighted by atomic mass is 10.1. The van der Waals surface area contributed by atoms with Crippen molar-refractivity contribution < 1.29 is 9.59 Å². The van der Waals surface area contributed by atoms with Gasteiger partial charge in [0.2, 0.25) is 5.91 Å². The van der Waals surface area contributed by atoms with Crippen LogP contribution in [0.4, 0.5) is 5.69 Å². The Labute approximate surface area is 150 Å². The third kappa shape index (κ3) is 4.46. The standard InChI is InChI=1S/C17H17Cl2N3O2/c1-10-5-4-6-11(2)16(10)21-15(23)9-22(3)17(24)12-7-13(18)20-14(19)8-12/h4-8H,9H2,1-3H3,(H,21,23). The predicted molar refractivity (Wildman–Crippen MR) is 95.8 cm³/mol. The first-order valence-electron chi connectivity index (χ1n) is 7.22. The van der Waals surface area contributed by atoms with Crippen molar-refractivity contribution in [3.8, 4) is 0 Å². The van der Waals surface area contributed by atoms with Crippen LogP contribution in [0.5, 0.6) is 0 Å². The van der Waals surface area contributed by atoms with Crippen molar-refractivity contribution in [1.29, 1.82) is 0 Å². The van der Waals surface area contributed by atoms with E-state index in [4.69, 9.17) is 23.2 Å². The van der Waals surface area contributed by atoms with Crippen LogP contribution in [-0.2, 0) is 4.79 Å². The lowest BCUT2D eigenvalue weighted by molar-refractivity contribution is -0.116. The van der Waals surface area contributed by atoms with Gasteiger partial charge in [0.15, 0.2) is 0 Å². The van der Waals surface area contributed by atoms with Crippen molar-refractivity contribution in [3.63, 3.8) is 0 Å². The van der Waals surface area contributed by atoms with Crippen LogP contribution in [-0.4, -0.2) is 35.3 Å². The second-order valence-electron chi connectivity index (χ2n) is 5.48. The Morgan fingerprint density at radius 3 is 2.21 bits per heavy atom. The van der Waals surface area contributed by atoms with E-state index < -0.39 is 0 Å². The van der Waals surface area contributed by atoms with Crippen molar-refractivity contribution in [2.75, 3.05) is 18.9 Å². The van der Waals surface area contributed by atoms with Crippen molar-refractivity contribution in [3.05, 3.63) is 57.3 Å². The van der Waals surface area contributed by atoms with Crippen molar-refractivity contribution in [1.82, 2.24) is 9.88 Å². The Kier molecular flexibility index (Phi) is 5.80. The number of hydrogen-bond acceptors (Lipinski definition) is 3. The van der Waals surface area contributed by atoms with Gasteiger partial charge < -0.3 is 10.2 Å². The molecule has 1 N–H and O–H groups in total. The second-order valence-corrected chi connectivity index (χ2v) is 6.25. The molecule has 2 rings (SSSR count). The summed E-state index contributed by atoms with van der Waals surface area (Å²) in [5.41, 5.74) is 2.97. The van der Waals surface area contributed by atoms with Crippen LogP contribution in [0, 0.1) is 13.8 Å². The number of hydrogen-bond donors (Lipinski definition) is 1. The molecule has 0 spiro atoms. The topological polar surface area (TPSA) is 62.3 Å². The molecular weight excluding hydrogens is 349 g/mol. The van der Waals surface area contributed by atoms with Gasteiger partial charge in [-0.2, -0.15) is 0 Å². The van der Waals surface area contributed by atoms with Gasteiger partial charge >= 0.3 is 0 Å². The van der Waals surface area contributed by atoms with Gasteiger partial charge in [0.1, 0.15) is 10.3 Å². The number of halogens is 2. The van der Waals surface area contributed by atoms with E-state index in [0.717, 1.165) is 16.8 Å². The lowest BCUT2D eigenvalue weighted by Gasteiger charge is -2.18. The van der Waals surface area contributed by atoms with Gasteiger partial charge in [0, 0.05) is 18.3 Å². The fourth-order valence-electron chi connectivity index (χ4n) is 2.29. The van der Waals surface area contributed by atoms with Gasteiger partial charge in [-0.05, 0) is 37.1 Å². The SMILES string of the molecule is Cc1cccc(C)c1NC(=O)CN(C)C(=O)c1cc(Cl)nc(Cl)c1. The molecule has 0 saturated carbocycles. The molecule has 0 aliphatic rings. The minimum atomic E-state index is -0.363. The van der Waals surface area contributed by atoms with Crippen LogP contribution in [0.25, 0.3) is 0 Å². The largest absolute Gasteiger partial charge is 0.332 e. The highest BCUT2D eigenvalue weighted by molar-refractivity contribution is 6.33. The van der Waals surface area contributed by atoms with Gasteiger partial charge in [-0.1, -0.05) is 41.4 Å². The highest BCUT2D eigenvalue weighted by atomic mass is 35.5. The molecule has 126 valence electrons. The van der Waals surface area contributed by atoms with Crippen molar-refractivity contribution in [2.24, 2.45) is 0 Å². The van der Waals surface area contributed by atoms with Crippen molar-refractivity contribution >= 4 is 40.7 Å². The smallest absolute Gasteiger partial charge is 0.254 e. The molecule has 0 radical (unpaired) electrons. The zero-order valence-electron chi connectivity index (χ0n) is 13.6. The molecule has 0 aliphatic carbocycles. The summed E-state index contributed by atoms with van der Waals surface area (Å²) in [5.74, 6) is -0.646. The van der Waals surface area contributed by atoms with Crippen LogP contribution in [0.15, 0.2) is 30.3 Å². The Balaban J connectivity index is 2.07. The third-order valence-corrected chi connectivity index (χ3v) is 3.87. The highest BCUT2D eigenvalue weighted by Crippen LogP contribution is 2.19. The number of pyridine rings is 1. The van der Waals surface area contributed by atoms with E-state index in [-0.39, 0.29) is 34.2 Å². The Bertz CT molecular complexity index is 753. The molecule has 0 saturated heterocycles. The van der Waals surface area contributed by atoms with E-state index in [1.165, 1.54) is 24.1 Å². The molecule has 2 amide bonds. The number of rotatable bonds is 4. The van der Waals surface area contributed by atoms with E-state index >= 15 is 0 Å². The van der Waals surface area contributed by atoms with E-state index in [9.17, 15) is 9.59 Å². The maximum atomic E-state index is 12.4. The molecule has 24 heavy (non-hydrogen) atoms. The molecule has 0 atom stereocenters. The highest BCUT2D eigenvalue weighted by Gasteiger charge is 2.17. The van der Waals surface area contributed by atoms with Gasteiger partial charge in [-0.3, -0.25) is 9.59 Å². The second kappa shape index (κ2) is 7.64. The van der Waals surface area contributed by atoms with E-state index in [0.29, 0.717) is 0 Å². The van der Waals surface area contributed by atoms with Gasteiger partial charge in [0.05, 0.1) is 6.54 Å². The minimum Gasteiger partial charge on any atom is -0.332 e. The van der Waals surface area contributed by atoms with Crippen LogP contribution in [0.2, 0.25) is 10.3 Å². The average Bonchev–Trinajstić information content (AvgIpc) is 2.49. The minimum absolute atomic E-state index is 0.0931. The third-order valence-electron chi connectivity index (χ3n) is 3.48. The first-order chi connectivity index (χ1) is 11.3. The summed E-state index contributed by atoms with van der Waals surface area (Å²) in [4.78, 5) is 29.7. The van der Waals surface area contributed by atoms with Gasteiger partial charge in [-0.15, -0.1) is 0 Å². The summed E-state index contributed by atoms with van der Waals surface area (Å²) in [6.07, 6.45) is 0. The molecule has 7 heteroatoms. The summed E-state index contributed by atoms with van der Waals surface area (Å²) in [6, 6.07) is 8.58. The monoisotopic (exact) mass is 365 g/mol. The summed E-state index contributed by atoms with van der Waals surface area (Å²) in [7, 11) is 1.54. The summed E-state index contributed by atoms with van der Waals surface area (Å²) in [6.45, 7) is 3.74. The number of nitrogens with zero attached hydrogens (tertiary/aromatic N) is 2. The van der Waals surface area contributed by atoms with Crippen LogP contribution < -0.4 is 5.32 Å². The van der Waals surface area contributed by atoms with Crippen LogP contribution in [0.3, 0.4) is 0 Å². The van der Waals surface area contributed by atoms with Crippen LogP contribution in [0.1, 0.15) is 21.5 Å². The molecule has 0 bridgehead atoms. The molecule has 1 aromatic carbocycles. The Hall–Kier alpha value is -2.11. The van der Waals surface area contributed by atoms with E-state index in [1.54, 1.807) is 0 Å². The number of aryl methyl sites for hydroxylation is 2. The molecule has 2 aromatic rings. The fourth-order valence-corrected chi connectivity index (χ4v) is 2.75. The number of nitrogens with one attached hydrogen (secondary N) is 1. The maximum Gasteiger partial charge on any atom is 0.254 e. The van der Waals surface area contributed by atoms with Gasteiger partial charge in [0.25, 0.3) is 5.91 Å². The quantitative estimate of drug-likeness (QED) is 0.839. The molecule has 0 unspecified atom stereocenters. The molecule has 1 aromatic heterocycles. The molecule has 5 nitrogen and oxygen atoms in total. The number of likely N-dealkylation sites (N-methyl/N-ethyl adjacent to an activating group) is 1. The number of anilines is 1. The Morgan fingerprint density at radius 2 is 1.67 bits per heavy atom. The molecule has 0 fully saturated rings. The first-order valence-corrected chi connectivity index (χ1v) is 7.98. The van der Waals surface area contributed by atoms with E-state index in [2.05, 4.69) is 10.3 Å². The van der Waals surface area contributed by atoms with Crippen LogP contribution >= 0.6 is 23.2 Å². The number of amides is 2. The number of carbonyl (C=O) groups excluding carboxylic acids is 2. The first kappa shape index (κ1) is 18.2. The molecular formula is C17H17Cl2N3O2. The van der Waals surface area contributed by atoms with E-state index in [1.807, 2.05) is 32.0 Å². The molecule has 1 heterocycles. The normalized spacial score (nSPS) is 10.4. The fraction of sp³-hybridized carbons (Fsp3) is 0.235. The number of carbonyl (C=O) groups is 2. The zero-order valence-corrected chi connectivity index (χ0v) is 15.1. The summed E-state index contributed by atoms with van der Waals surface area (Å²) >= 11 is 11.6. The van der Waals surface area contributed by atoms with Crippen molar-refractivity contribution in [2.45, 2.75) is 13.8 Å². The number of para-hydroxylation sites is 1.